The highest BCUT2D eigenvalue weighted by Gasteiger charge is 2.23. The molecule has 1 amide bonds. The maximum absolute atomic E-state index is 10.9. The number of morpholine rings is 1. The molecule has 0 radical (unpaired) electrons. The molecule has 0 aliphatic carbocycles. The molecule has 2 atom stereocenters. The van der Waals surface area contributed by atoms with Gasteiger partial charge in [-0.25, -0.2) is 0 Å². The molecule has 1 aliphatic rings. The Labute approximate surface area is 60.7 Å². The molecule has 1 N–H and O–H groups in total. The minimum absolute atomic E-state index is 0.0121. The Bertz CT molecular complexity index is 136. The molecule has 0 spiro atoms. The molecule has 1 rings (SSSR count). The average molecular weight is 143 g/mol. The standard InChI is InChI=1S/C7H13NO2/c1-3-6-4-10-5(2)7(9)8-6/h5-6H,3-4H2,1-2H3,(H,8,9). The third-order valence-corrected chi connectivity index (χ3v) is 1.76. The van der Waals surface area contributed by atoms with Gasteiger partial charge in [0.1, 0.15) is 6.10 Å². The molecule has 1 aliphatic heterocycles. The summed E-state index contributed by atoms with van der Waals surface area (Å²) in [5, 5.41) is 2.85. The molecule has 0 aromatic rings. The Hall–Kier alpha value is -0.570. The van der Waals surface area contributed by atoms with E-state index in [4.69, 9.17) is 4.74 Å². The van der Waals surface area contributed by atoms with E-state index in [9.17, 15) is 4.79 Å². The summed E-state index contributed by atoms with van der Waals surface area (Å²) in [4.78, 5) is 10.9. The van der Waals surface area contributed by atoms with E-state index in [0.29, 0.717) is 6.61 Å². The first-order valence-electron chi connectivity index (χ1n) is 3.66. The third kappa shape index (κ3) is 1.48. The van der Waals surface area contributed by atoms with Crippen molar-refractivity contribution < 1.29 is 9.53 Å². The number of carbonyl (C=O) groups excluding carboxylic acids is 1. The molecule has 58 valence electrons. The summed E-state index contributed by atoms with van der Waals surface area (Å²) in [5.74, 6) is 0.0121. The van der Waals surface area contributed by atoms with Crippen LogP contribution in [0.1, 0.15) is 20.3 Å². The van der Waals surface area contributed by atoms with E-state index >= 15 is 0 Å². The van der Waals surface area contributed by atoms with Gasteiger partial charge in [-0.05, 0) is 13.3 Å². The Kier molecular flexibility index (Phi) is 2.27. The zero-order valence-electron chi connectivity index (χ0n) is 6.39. The van der Waals surface area contributed by atoms with Crippen molar-refractivity contribution in [1.29, 1.82) is 0 Å². The SMILES string of the molecule is CCC1COC(C)C(=O)N1. The second-order valence-corrected chi connectivity index (χ2v) is 2.59. The summed E-state index contributed by atoms with van der Waals surface area (Å²) in [6, 6.07) is 0.226. The Morgan fingerprint density at radius 1 is 1.80 bits per heavy atom. The van der Waals surface area contributed by atoms with Crippen LogP contribution in [0.3, 0.4) is 0 Å². The van der Waals surface area contributed by atoms with Gasteiger partial charge in [0.2, 0.25) is 5.91 Å². The van der Waals surface area contributed by atoms with E-state index in [0.717, 1.165) is 6.42 Å². The smallest absolute Gasteiger partial charge is 0.249 e. The van der Waals surface area contributed by atoms with Gasteiger partial charge in [-0.3, -0.25) is 4.79 Å². The summed E-state index contributed by atoms with van der Waals surface area (Å²) in [5.41, 5.74) is 0. The van der Waals surface area contributed by atoms with Crippen molar-refractivity contribution in [3.63, 3.8) is 0 Å². The largest absolute Gasteiger partial charge is 0.367 e. The summed E-state index contributed by atoms with van der Waals surface area (Å²) < 4.78 is 5.18. The summed E-state index contributed by atoms with van der Waals surface area (Å²) >= 11 is 0. The van der Waals surface area contributed by atoms with Crippen LogP contribution in [-0.2, 0) is 9.53 Å². The highest BCUT2D eigenvalue weighted by molar-refractivity contribution is 5.81. The van der Waals surface area contributed by atoms with Gasteiger partial charge in [0.25, 0.3) is 0 Å². The molecule has 3 heteroatoms. The predicted molar refractivity (Wildman–Crippen MR) is 37.6 cm³/mol. The summed E-state index contributed by atoms with van der Waals surface area (Å²) in [6.07, 6.45) is 0.682. The quantitative estimate of drug-likeness (QED) is 0.573. The Morgan fingerprint density at radius 3 is 3.00 bits per heavy atom. The molecule has 0 saturated carbocycles. The lowest BCUT2D eigenvalue weighted by Gasteiger charge is -2.26. The van der Waals surface area contributed by atoms with Crippen molar-refractivity contribution in [2.75, 3.05) is 6.61 Å². The topological polar surface area (TPSA) is 38.3 Å². The second-order valence-electron chi connectivity index (χ2n) is 2.59. The van der Waals surface area contributed by atoms with E-state index in [1.54, 1.807) is 6.92 Å². The van der Waals surface area contributed by atoms with E-state index < -0.39 is 0 Å². The highest BCUT2D eigenvalue weighted by Crippen LogP contribution is 2.03. The number of carbonyl (C=O) groups is 1. The van der Waals surface area contributed by atoms with Gasteiger partial charge < -0.3 is 10.1 Å². The van der Waals surface area contributed by atoms with Crippen LogP contribution in [0.5, 0.6) is 0 Å². The van der Waals surface area contributed by atoms with Gasteiger partial charge >= 0.3 is 0 Å². The fourth-order valence-electron chi connectivity index (χ4n) is 0.916. The monoisotopic (exact) mass is 143 g/mol. The average Bonchev–Trinajstić information content (AvgIpc) is 1.95. The first kappa shape index (κ1) is 7.54. The molecular formula is C7H13NO2. The lowest BCUT2D eigenvalue weighted by Crippen LogP contribution is -2.49. The molecule has 2 unspecified atom stereocenters. The molecule has 0 bridgehead atoms. The van der Waals surface area contributed by atoms with Crippen molar-refractivity contribution in [2.24, 2.45) is 0 Å². The highest BCUT2D eigenvalue weighted by atomic mass is 16.5. The van der Waals surface area contributed by atoms with E-state index in [-0.39, 0.29) is 18.1 Å². The van der Waals surface area contributed by atoms with Gasteiger partial charge in [0.05, 0.1) is 12.6 Å². The fourth-order valence-corrected chi connectivity index (χ4v) is 0.916. The van der Waals surface area contributed by atoms with Crippen molar-refractivity contribution in [3.8, 4) is 0 Å². The van der Waals surface area contributed by atoms with Gasteiger partial charge in [-0.1, -0.05) is 6.92 Å². The maximum atomic E-state index is 10.9. The number of hydrogen-bond donors (Lipinski definition) is 1. The number of amides is 1. The molecule has 1 fully saturated rings. The lowest BCUT2D eigenvalue weighted by molar-refractivity contribution is -0.139. The van der Waals surface area contributed by atoms with E-state index in [1.807, 2.05) is 6.92 Å². The molecule has 10 heavy (non-hydrogen) atoms. The third-order valence-electron chi connectivity index (χ3n) is 1.76. The number of rotatable bonds is 1. The van der Waals surface area contributed by atoms with Crippen LogP contribution >= 0.6 is 0 Å². The Balaban J connectivity index is 2.41. The number of ether oxygens (including phenoxy) is 1. The zero-order chi connectivity index (χ0) is 7.56. The summed E-state index contributed by atoms with van der Waals surface area (Å²) in [6.45, 7) is 4.45. The maximum Gasteiger partial charge on any atom is 0.249 e. The normalized spacial score (nSPS) is 33.6. The van der Waals surface area contributed by atoms with Crippen molar-refractivity contribution in [3.05, 3.63) is 0 Å². The van der Waals surface area contributed by atoms with Gasteiger partial charge in [0.15, 0.2) is 0 Å². The first-order chi connectivity index (χ1) is 4.74. The predicted octanol–water partition coefficient (Wildman–Crippen LogP) is 0.300. The first-order valence-corrected chi connectivity index (χ1v) is 3.66. The van der Waals surface area contributed by atoms with Crippen LogP contribution in [0.4, 0.5) is 0 Å². The van der Waals surface area contributed by atoms with Gasteiger partial charge in [-0.15, -0.1) is 0 Å². The van der Waals surface area contributed by atoms with Crippen molar-refractivity contribution in [1.82, 2.24) is 5.32 Å². The molecule has 3 nitrogen and oxygen atoms in total. The molecule has 0 aromatic heterocycles. The van der Waals surface area contributed by atoms with Crippen LogP contribution in [0.25, 0.3) is 0 Å². The molecule has 1 heterocycles. The lowest BCUT2D eigenvalue weighted by atomic mass is 10.2. The minimum Gasteiger partial charge on any atom is -0.367 e. The van der Waals surface area contributed by atoms with Crippen LogP contribution in [0.15, 0.2) is 0 Å². The van der Waals surface area contributed by atoms with Gasteiger partial charge in [0, 0.05) is 0 Å². The molecule has 1 saturated heterocycles. The molecule has 0 aromatic carbocycles. The van der Waals surface area contributed by atoms with Gasteiger partial charge in [-0.2, -0.15) is 0 Å². The van der Waals surface area contributed by atoms with E-state index in [2.05, 4.69) is 5.32 Å². The minimum atomic E-state index is -0.261. The zero-order valence-corrected chi connectivity index (χ0v) is 6.39. The van der Waals surface area contributed by atoms with E-state index in [1.165, 1.54) is 0 Å². The van der Waals surface area contributed by atoms with Crippen molar-refractivity contribution >= 4 is 5.91 Å². The second kappa shape index (κ2) is 3.01. The number of nitrogens with one attached hydrogen (secondary N) is 1. The van der Waals surface area contributed by atoms with Crippen LogP contribution < -0.4 is 5.32 Å². The number of hydrogen-bond acceptors (Lipinski definition) is 2. The molecular weight excluding hydrogens is 130 g/mol. The Morgan fingerprint density at radius 2 is 2.50 bits per heavy atom. The van der Waals surface area contributed by atoms with Crippen LogP contribution in [0, 0.1) is 0 Å². The van der Waals surface area contributed by atoms with Crippen molar-refractivity contribution in [2.45, 2.75) is 32.4 Å². The summed E-state index contributed by atoms with van der Waals surface area (Å²) in [7, 11) is 0. The fraction of sp³-hybridized carbons (Fsp3) is 0.857. The van der Waals surface area contributed by atoms with Crippen LogP contribution in [-0.4, -0.2) is 24.7 Å². The van der Waals surface area contributed by atoms with Crippen LogP contribution in [0.2, 0.25) is 0 Å².